The molecule has 4 rings (SSSR count). The summed E-state index contributed by atoms with van der Waals surface area (Å²) < 4.78 is 29.0. The second-order valence-corrected chi connectivity index (χ2v) is 5.64. The van der Waals surface area contributed by atoms with Gasteiger partial charge in [-0.1, -0.05) is 17.7 Å². The molecular weight excluding hydrogens is 350 g/mol. The molecule has 2 aliphatic heterocycles. The van der Waals surface area contributed by atoms with Crippen LogP contribution in [0, 0.1) is 11.6 Å². The van der Waals surface area contributed by atoms with Crippen LogP contribution in [0.25, 0.3) is 22.9 Å². The molecule has 0 N–H and O–H groups in total. The first kappa shape index (κ1) is 15.5. The maximum atomic E-state index is 13.9. The zero-order valence-corrected chi connectivity index (χ0v) is 13.3. The van der Waals surface area contributed by atoms with Gasteiger partial charge < -0.3 is 4.57 Å². The molecule has 0 saturated carbocycles. The first-order valence-corrected chi connectivity index (χ1v) is 7.60. The van der Waals surface area contributed by atoms with Gasteiger partial charge in [0.25, 0.3) is 0 Å². The van der Waals surface area contributed by atoms with Gasteiger partial charge in [-0.05, 0) is 24.3 Å². The number of aromatic nitrogens is 6. The molecule has 6 nitrogen and oxygen atoms in total. The fourth-order valence-electron chi connectivity index (χ4n) is 2.35. The van der Waals surface area contributed by atoms with Crippen LogP contribution in [-0.4, -0.2) is 29.7 Å². The van der Waals surface area contributed by atoms with Gasteiger partial charge in [0.15, 0.2) is 28.4 Å². The third-order valence-electron chi connectivity index (χ3n) is 3.51. The number of hydrogen-bond donors (Lipinski definition) is 0. The van der Waals surface area contributed by atoms with Gasteiger partial charge in [0.05, 0.1) is 24.1 Å². The smallest absolute Gasteiger partial charge is 0.183 e. The van der Waals surface area contributed by atoms with Crippen LogP contribution in [0.4, 0.5) is 8.78 Å². The van der Waals surface area contributed by atoms with Crippen LogP contribution in [0.1, 0.15) is 5.69 Å². The fourth-order valence-corrected chi connectivity index (χ4v) is 2.45. The van der Waals surface area contributed by atoms with Crippen molar-refractivity contribution in [2.45, 2.75) is 6.54 Å². The van der Waals surface area contributed by atoms with E-state index in [0.717, 1.165) is 6.07 Å². The third kappa shape index (κ3) is 3.03. The van der Waals surface area contributed by atoms with E-state index in [1.807, 2.05) is 0 Å². The second kappa shape index (κ2) is 6.14. The number of hydrogen-bond acceptors (Lipinski definition) is 5. The maximum Gasteiger partial charge on any atom is 0.183 e. The Hall–Kier alpha value is -3.00. The number of nitrogens with zero attached hydrogens (tertiary/aromatic N) is 6. The van der Waals surface area contributed by atoms with Gasteiger partial charge in [0, 0.05) is 6.20 Å². The van der Waals surface area contributed by atoms with Gasteiger partial charge in [-0.25, -0.2) is 23.7 Å². The maximum absolute atomic E-state index is 13.9. The molecule has 25 heavy (non-hydrogen) atoms. The zero-order valence-electron chi connectivity index (χ0n) is 12.6. The van der Waals surface area contributed by atoms with Crippen LogP contribution in [0.15, 0.2) is 42.9 Å². The Kier molecular flexibility index (Phi) is 3.81. The minimum atomic E-state index is -0.984. The van der Waals surface area contributed by atoms with E-state index in [0.29, 0.717) is 28.9 Å². The summed E-state index contributed by atoms with van der Waals surface area (Å²) in [7, 11) is 0. The molecule has 0 fully saturated rings. The third-order valence-corrected chi connectivity index (χ3v) is 3.71. The number of halogens is 3. The normalized spacial score (nSPS) is 11.2. The van der Waals surface area contributed by atoms with Crippen molar-refractivity contribution in [1.82, 2.24) is 29.7 Å². The Bertz CT molecular complexity index is 1020. The second-order valence-electron chi connectivity index (χ2n) is 5.25. The van der Waals surface area contributed by atoms with E-state index in [-0.39, 0.29) is 11.4 Å². The van der Waals surface area contributed by atoms with E-state index < -0.39 is 11.6 Å². The molecule has 2 aromatic rings. The lowest BCUT2D eigenvalue weighted by atomic mass is 10.2. The van der Waals surface area contributed by atoms with Gasteiger partial charge in [-0.15, -0.1) is 5.10 Å². The molecule has 0 bridgehead atoms. The van der Waals surface area contributed by atoms with Gasteiger partial charge in [0.2, 0.25) is 0 Å². The fraction of sp³-hybridized carbons (Fsp3) is 0.0625. The van der Waals surface area contributed by atoms with Crippen molar-refractivity contribution in [3.8, 4) is 22.9 Å². The number of benzene rings is 1. The summed E-state index contributed by atoms with van der Waals surface area (Å²) in [6.07, 6.45) is 3.26. The SMILES string of the molecule is Fc1cccc(-c2nc3cn(Cc4ccc(Cl)nn4)cnc-3n2)c1F. The van der Waals surface area contributed by atoms with Crippen molar-refractivity contribution >= 4 is 11.6 Å². The molecule has 0 atom stereocenters. The molecule has 9 heteroatoms. The van der Waals surface area contributed by atoms with Crippen LogP contribution < -0.4 is 0 Å². The molecule has 3 heterocycles. The highest BCUT2D eigenvalue weighted by Gasteiger charge is 2.18. The summed E-state index contributed by atoms with van der Waals surface area (Å²) in [5.41, 5.74) is 1.14. The molecule has 0 spiro atoms. The Labute approximate surface area is 145 Å². The van der Waals surface area contributed by atoms with E-state index in [1.165, 1.54) is 12.1 Å². The summed E-state index contributed by atoms with van der Waals surface area (Å²) >= 11 is 5.71. The number of imidazole rings is 1. The summed E-state index contributed by atoms with van der Waals surface area (Å²) in [6.45, 7) is 0.406. The van der Waals surface area contributed by atoms with Crippen molar-refractivity contribution in [2.75, 3.05) is 0 Å². The van der Waals surface area contributed by atoms with E-state index in [4.69, 9.17) is 11.6 Å². The Morgan fingerprint density at radius 1 is 1.00 bits per heavy atom. The van der Waals surface area contributed by atoms with Crippen LogP contribution in [-0.2, 0) is 6.54 Å². The molecule has 1 aromatic carbocycles. The lowest BCUT2D eigenvalue weighted by Crippen LogP contribution is -2.05. The number of fused-ring (bicyclic) bond motifs is 1. The average Bonchev–Trinajstić information content (AvgIpc) is 3.02. The van der Waals surface area contributed by atoms with Crippen molar-refractivity contribution in [3.05, 3.63) is 65.3 Å². The highest BCUT2D eigenvalue weighted by molar-refractivity contribution is 6.29. The highest BCUT2D eigenvalue weighted by atomic mass is 35.5. The monoisotopic (exact) mass is 358 g/mol. The molecule has 0 radical (unpaired) electrons. The molecular formula is C16H9ClF2N6. The summed E-state index contributed by atoms with van der Waals surface area (Å²) in [6, 6.07) is 7.26. The predicted molar refractivity (Wildman–Crippen MR) is 85.9 cm³/mol. The van der Waals surface area contributed by atoms with E-state index >= 15 is 0 Å². The average molecular weight is 359 g/mol. The van der Waals surface area contributed by atoms with Crippen molar-refractivity contribution in [3.63, 3.8) is 0 Å². The predicted octanol–water partition coefficient (Wildman–Crippen LogP) is 3.21. The van der Waals surface area contributed by atoms with Gasteiger partial charge in [0.1, 0.15) is 5.69 Å². The largest absolute Gasteiger partial charge is 0.331 e. The first-order chi connectivity index (χ1) is 12.1. The number of rotatable bonds is 3. The Morgan fingerprint density at radius 3 is 2.68 bits per heavy atom. The summed E-state index contributed by atoms with van der Waals surface area (Å²) in [5, 5.41) is 8.06. The summed E-state index contributed by atoms with van der Waals surface area (Å²) in [5.74, 6) is -1.50. The minimum absolute atomic E-state index is 0.00637. The van der Waals surface area contributed by atoms with Crippen LogP contribution >= 0.6 is 11.6 Å². The van der Waals surface area contributed by atoms with Gasteiger partial charge in [-0.3, -0.25) is 0 Å². The quantitative estimate of drug-likeness (QED) is 0.562. The van der Waals surface area contributed by atoms with Crippen LogP contribution in [0.2, 0.25) is 5.15 Å². The molecule has 0 amide bonds. The van der Waals surface area contributed by atoms with Gasteiger partial charge in [-0.2, -0.15) is 5.10 Å². The van der Waals surface area contributed by atoms with Crippen molar-refractivity contribution < 1.29 is 8.78 Å². The molecule has 0 saturated heterocycles. The van der Waals surface area contributed by atoms with Crippen molar-refractivity contribution in [2.24, 2.45) is 0 Å². The van der Waals surface area contributed by atoms with E-state index in [9.17, 15) is 8.78 Å². The first-order valence-electron chi connectivity index (χ1n) is 7.22. The van der Waals surface area contributed by atoms with E-state index in [1.54, 1.807) is 29.2 Å². The highest BCUT2D eigenvalue weighted by Crippen LogP contribution is 2.26. The van der Waals surface area contributed by atoms with Crippen LogP contribution in [0.3, 0.4) is 0 Å². The zero-order chi connectivity index (χ0) is 17.4. The molecule has 0 unspecified atom stereocenters. The Morgan fingerprint density at radius 2 is 1.88 bits per heavy atom. The lowest BCUT2D eigenvalue weighted by molar-refractivity contribution is 0.510. The molecule has 124 valence electrons. The topological polar surface area (TPSA) is 69.4 Å². The minimum Gasteiger partial charge on any atom is -0.331 e. The Balaban J connectivity index is 1.69. The van der Waals surface area contributed by atoms with Gasteiger partial charge >= 0.3 is 0 Å². The standard InChI is InChI=1S/C16H9ClF2N6/c17-13-5-4-9(23-24-13)6-25-7-12-16(20-8-25)22-15(21-12)10-2-1-3-11(18)14(10)19/h1-5,7-8H,6H2. The van der Waals surface area contributed by atoms with Crippen molar-refractivity contribution in [1.29, 1.82) is 0 Å². The van der Waals surface area contributed by atoms with E-state index in [2.05, 4.69) is 25.1 Å². The molecule has 2 aliphatic rings. The molecule has 0 aliphatic carbocycles. The summed E-state index contributed by atoms with van der Waals surface area (Å²) in [4.78, 5) is 12.6. The molecule has 1 aromatic heterocycles. The van der Waals surface area contributed by atoms with Crippen LogP contribution in [0.5, 0.6) is 0 Å². The lowest BCUT2D eigenvalue weighted by Gasteiger charge is -2.05.